The maximum absolute atomic E-state index is 11.4. The minimum Gasteiger partial charge on any atom is -0.372 e. The molecule has 0 aromatic heterocycles. The Bertz CT molecular complexity index is 179. The van der Waals surface area contributed by atoms with Gasteiger partial charge in [0.2, 0.25) is 5.91 Å². The average molecular weight is 200 g/mol. The lowest BCUT2D eigenvalue weighted by atomic mass is 10.00. The highest BCUT2D eigenvalue weighted by molar-refractivity contribution is 5.80. The van der Waals surface area contributed by atoms with Gasteiger partial charge in [-0.2, -0.15) is 0 Å². The van der Waals surface area contributed by atoms with Crippen molar-refractivity contribution < 1.29 is 9.53 Å². The van der Waals surface area contributed by atoms with Crippen LogP contribution in [0.25, 0.3) is 0 Å². The smallest absolute Gasteiger partial charge is 0.248 e. The van der Waals surface area contributed by atoms with Crippen LogP contribution in [0.2, 0.25) is 0 Å². The summed E-state index contributed by atoms with van der Waals surface area (Å²) in [6.45, 7) is 4.65. The number of carbonyl (C=O) groups excluding carboxylic acids is 1. The Balaban J connectivity index is 2.15. The first-order valence-corrected chi connectivity index (χ1v) is 5.25. The minimum absolute atomic E-state index is 0.0157. The van der Waals surface area contributed by atoms with Gasteiger partial charge in [0.05, 0.1) is 0 Å². The molecule has 1 rings (SSSR count). The number of piperidine rings is 1. The fraction of sp³-hybridized carbons (Fsp3) is 0.900. The van der Waals surface area contributed by atoms with E-state index in [-0.39, 0.29) is 12.0 Å². The minimum atomic E-state index is -0.341. The van der Waals surface area contributed by atoms with Gasteiger partial charge in [-0.05, 0) is 38.8 Å². The highest BCUT2D eigenvalue weighted by Gasteiger charge is 2.16. The maximum atomic E-state index is 11.4. The van der Waals surface area contributed by atoms with Crippen molar-refractivity contribution in [3.05, 3.63) is 0 Å². The van der Waals surface area contributed by atoms with Gasteiger partial charge in [0.1, 0.15) is 6.10 Å². The van der Waals surface area contributed by atoms with E-state index in [1.165, 1.54) is 12.8 Å². The second-order valence-electron chi connectivity index (χ2n) is 3.84. The molecule has 0 spiro atoms. The predicted molar refractivity (Wildman–Crippen MR) is 55.1 cm³/mol. The van der Waals surface area contributed by atoms with Crippen LogP contribution in [-0.4, -0.2) is 38.8 Å². The fourth-order valence-corrected chi connectivity index (χ4v) is 1.59. The van der Waals surface area contributed by atoms with Crippen molar-refractivity contribution in [3.63, 3.8) is 0 Å². The lowest BCUT2D eigenvalue weighted by molar-refractivity contribution is -0.130. The van der Waals surface area contributed by atoms with Crippen LogP contribution in [0.3, 0.4) is 0 Å². The van der Waals surface area contributed by atoms with Gasteiger partial charge in [-0.25, -0.2) is 0 Å². The molecule has 82 valence electrons. The first kappa shape index (κ1) is 11.5. The van der Waals surface area contributed by atoms with E-state index >= 15 is 0 Å². The number of nitrogens with one attached hydrogen (secondary N) is 2. The SMILES string of the molecule is COC(C)C(=O)NCC1CCCNC1. The zero-order chi connectivity index (χ0) is 10.4. The summed E-state index contributed by atoms with van der Waals surface area (Å²) in [5.41, 5.74) is 0. The number of amides is 1. The van der Waals surface area contributed by atoms with Gasteiger partial charge in [-0.3, -0.25) is 4.79 Å². The highest BCUT2D eigenvalue weighted by Crippen LogP contribution is 2.08. The van der Waals surface area contributed by atoms with Gasteiger partial charge in [-0.15, -0.1) is 0 Å². The summed E-state index contributed by atoms with van der Waals surface area (Å²) >= 11 is 0. The van der Waals surface area contributed by atoms with E-state index in [2.05, 4.69) is 10.6 Å². The monoisotopic (exact) mass is 200 g/mol. The molecular formula is C10H20N2O2. The number of ether oxygens (including phenoxy) is 1. The largest absolute Gasteiger partial charge is 0.372 e. The van der Waals surface area contributed by atoms with Crippen molar-refractivity contribution in [1.82, 2.24) is 10.6 Å². The lowest BCUT2D eigenvalue weighted by Gasteiger charge is -2.23. The number of methoxy groups -OCH3 is 1. The zero-order valence-electron chi connectivity index (χ0n) is 9.01. The third-order valence-electron chi connectivity index (χ3n) is 2.69. The van der Waals surface area contributed by atoms with E-state index < -0.39 is 0 Å². The summed E-state index contributed by atoms with van der Waals surface area (Å²) in [5, 5.41) is 6.22. The van der Waals surface area contributed by atoms with Gasteiger partial charge < -0.3 is 15.4 Å². The van der Waals surface area contributed by atoms with Crippen molar-refractivity contribution in [2.75, 3.05) is 26.7 Å². The van der Waals surface area contributed by atoms with Crippen LogP contribution in [0.15, 0.2) is 0 Å². The molecule has 0 bridgehead atoms. The van der Waals surface area contributed by atoms with Crippen LogP contribution in [0, 0.1) is 5.92 Å². The van der Waals surface area contributed by atoms with Crippen molar-refractivity contribution >= 4 is 5.91 Å². The Labute approximate surface area is 85.4 Å². The molecular weight excluding hydrogens is 180 g/mol. The van der Waals surface area contributed by atoms with E-state index in [4.69, 9.17) is 4.74 Å². The van der Waals surface area contributed by atoms with E-state index in [1.54, 1.807) is 14.0 Å². The molecule has 0 aromatic carbocycles. The summed E-state index contributed by atoms with van der Waals surface area (Å²) in [5.74, 6) is 0.565. The first-order chi connectivity index (χ1) is 6.74. The molecule has 1 aliphatic heterocycles. The van der Waals surface area contributed by atoms with E-state index in [0.717, 1.165) is 19.6 Å². The Morgan fingerprint density at radius 2 is 2.50 bits per heavy atom. The molecule has 0 saturated carbocycles. The van der Waals surface area contributed by atoms with Crippen molar-refractivity contribution in [2.45, 2.75) is 25.9 Å². The molecule has 1 amide bonds. The molecule has 1 fully saturated rings. The summed E-state index contributed by atoms with van der Waals surface area (Å²) in [7, 11) is 1.55. The van der Waals surface area contributed by atoms with Crippen molar-refractivity contribution in [1.29, 1.82) is 0 Å². The van der Waals surface area contributed by atoms with Crippen LogP contribution in [0.4, 0.5) is 0 Å². The molecule has 4 heteroatoms. The standard InChI is InChI=1S/C10H20N2O2/c1-8(14-2)10(13)12-7-9-4-3-5-11-6-9/h8-9,11H,3-7H2,1-2H3,(H,12,13). The molecule has 2 unspecified atom stereocenters. The molecule has 1 saturated heterocycles. The third kappa shape index (κ3) is 3.64. The Morgan fingerprint density at radius 1 is 1.71 bits per heavy atom. The third-order valence-corrected chi connectivity index (χ3v) is 2.69. The van der Waals surface area contributed by atoms with Crippen LogP contribution in [-0.2, 0) is 9.53 Å². The van der Waals surface area contributed by atoms with Crippen LogP contribution >= 0.6 is 0 Å². The van der Waals surface area contributed by atoms with E-state index in [0.29, 0.717) is 5.92 Å². The summed E-state index contributed by atoms with van der Waals surface area (Å²) in [6.07, 6.45) is 2.07. The summed E-state index contributed by atoms with van der Waals surface area (Å²) in [4.78, 5) is 11.4. The van der Waals surface area contributed by atoms with Gasteiger partial charge in [0.25, 0.3) is 0 Å². The number of carbonyl (C=O) groups is 1. The van der Waals surface area contributed by atoms with Gasteiger partial charge in [0, 0.05) is 13.7 Å². The van der Waals surface area contributed by atoms with Gasteiger partial charge >= 0.3 is 0 Å². The van der Waals surface area contributed by atoms with Gasteiger partial charge in [0.15, 0.2) is 0 Å². The van der Waals surface area contributed by atoms with Gasteiger partial charge in [-0.1, -0.05) is 0 Å². The molecule has 0 radical (unpaired) electrons. The lowest BCUT2D eigenvalue weighted by Crippen LogP contribution is -2.41. The topological polar surface area (TPSA) is 50.4 Å². The van der Waals surface area contributed by atoms with Crippen LogP contribution in [0.1, 0.15) is 19.8 Å². The molecule has 4 nitrogen and oxygen atoms in total. The highest BCUT2D eigenvalue weighted by atomic mass is 16.5. The van der Waals surface area contributed by atoms with E-state index in [9.17, 15) is 4.79 Å². The Morgan fingerprint density at radius 3 is 3.07 bits per heavy atom. The second-order valence-corrected chi connectivity index (χ2v) is 3.84. The Kier molecular flexibility index (Phi) is 4.90. The normalized spacial score (nSPS) is 24.3. The number of hydrogen-bond donors (Lipinski definition) is 2. The van der Waals surface area contributed by atoms with Crippen LogP contribution < -0.4 is 10.6 Å². The Hall–Kier alpha value is -0.610. The number of rotatable bonds is 4. The molecule has 0 aromatic rings. The average Bonchev–Trinajstić information content (AvgIpc) is 2.26. The fourth-order valence-electron chi connectivity index (χ4n) is 1.59. The molecule has 2 N–H and O–H groups in total. The number of hydrogen-bond acceptors (Lipinski definition) is 3. The zero-order valence-corrected chi connectivity index (χ0v) is 9.01. The molecule has 1 aliphatic rings. The molecule has 0 aliphatic carbocycles. The quantitative estimate of drug-likeness (QED) is 0.678. The second kappa shape index (κ2) is 5.98. The molecule has 14 heavy (non-hydrogen) atoms. The van der Waals surface area contributed by atoms with Crippen molar-refractivity contribution in [2.24, 2.45) is 5.92 Å². The predicted octanol–water partition coefficient (Wildman–Crippen LogP) is 0.137. The maximum Gasteiger partial charge on any atom is 0.248 e. The summed E-state index contributed by atoms with van der Waals surface area (Å²) in [6, 6.07) is 0. The van der Waals surface area contributed by atoms with E-state index in [1.807, 2.05) is 0 Å². The molecule has 1 heterocycles. The first-order valence-electron chi connectivity index (χ1n) is 5.25. The molecule has 2 atom stereocenters. The van der Waals surface area contributed by atoms with Crippen molar-refractivity contribution in [3.8, 4) is 0 Å². The summed E-state index contributed by atoms with van der Waals surface area (Å²) < 4.78 is 4.92. The van der Waals surface area contributed by atoms with Crippen LogP contribution in [0.5, 0.6) is 0 Å².